The van der Waals surface area contributed by atoms with Gasteiger partial charge in [0.05, 0.1) is 0 Å². The van der Waals surface area contributed by atoms with E-state index in [0.717, 1.165) is 0 Å². The molecule has 0 amide bonds. The fraction of sp³-hybridized carbons (Fsp3) is 0.333. The third-order valence-corrected chi connectivity index (χ3v) is 3.18. The van der Waals surface area contributed by atoms with E-state index in [2.05, 4.69) is 13.8 Å². The third kappa shape index (κ3) is 10.1. The molecule has 1 saturated carbocycles. The van der Waals surface area contributed by atoms with Crippen LogP contribution in [0.4, 0.5) is 0 Å². The Balaban J connectivity index is 0.000000259. The maximum Gasteiger partial charge on any atom is 4.00 e. The molecule has 2 atom stereocenters. The smallest absolute Gasteiger partial charge is 0.342 e. The molecule has 0 nitrogen and oxygen atoms in total. The first-order chi connectivity index (χ1) is 8.80. The molecule has 0 bridgehead atoms. The third-order valence-electron chi connectivity index (χ3n) is 3.18. The zero-order chi connectivity index (χ0) is 13.1. The van der Waals surface area contributed by atoms with Gasteiger partial charge in [-0.2, -0.15) is 48.2 Å². The Labute approximate surface area is 138 Å². The van der Waals surface area contributed by atoms with Crippen LogP contribution in [-0.2, 0) is 26.2 Å². The van der Waals surface area contributed by atoms with Crippen LogP contribution in [0.2, 0.25) is 0 Å². The van der Waals surface area contributed by atoms with Gasteiger partial charge in [-0.3, -0.25) is 0 Å². The Morgan fingerprint density at radius 2 is 1.00 bits per heavy atom. The van der Waals surface area contributed by atoms with Crippen LogP contribution >= 0.6 is 0 Å². The quantitative estimate of drug-likeness (QED) is 0.577. The van der Waals surface area contributed by atoms with E-state index in [-0.39, 0.29) is 26.2 Å². The van der Waals surface area contributed by atoms with Crippen LogP contribution in [0.1, 0.15) is 25.7 Å². The first-order valence-corrected chi connectivity index (χ1v) is 6.80. The van der Waals surface area contributed by atoms with E-state index >= 15 is 0 Å². The van der Waals surface area contributed by atoms with Gasteiger partial charge in [-0.25, -0.2) is 24.3 Å². The van der Waals surface area contributed by atoms with Gasteiger partial charge in [0, 0.05) is 0 Å². The summed E-state index contributed by atoms with van der Waals surface area (Å²) in [6.45, 7) is 8.03. The van der Waals surface area contributed by atoms with E-state index in [1.807, 2.05) is 60.7 Å². The minimum Gasteiger partial charge on any atom is -0.342 e. The van der Waals surface area contributed by atoms with Crippen LogP contribution in [-0.4, -0.2) is 0 Å². The molecule has 1 fully saturated rings. The standard InChI is InChI=1S/C8H14.2C5H5.Zr/c1-7-5-3-4-6-8(7)2;2*1-2-4-5-3-1;/h7-8H,1-6H2;2*1-5H;/q-2;2*-1;+4/t7-,8-;;;/m0.../s1. The Morgan fingerprint density at radius 1 is 0.684 bits per heavy atom. The summed E-state index contributed by atoms with van der Waals surface area (Å²) < 4.78 is 0. The molecule has 0 saturated heterocycles. The summed E-state index contributed by atoms with van der Waals surface area (Å²) in [5.41, 5.74) is 0. The van der Waals surface area contributed by atoms with Crippen molar-refractivity contribution in [2.45, 2.75) is 25.7 Å². The SMILES string of the molecule is [CH2-][C@H]1CCCC[C@@H]1[CH2-].[Zr+4].c1cc[cH-]c1.c1cc[cH-]c1. The first kappa shape index (κ1) is 18.6. The Hall–Kier alpha value is -0.417. The van der Waals surface area contributed by atoms with Crippen LogP contribution in [0.25, 0.3) is 0 Å². The zero-order valence-electron chi connectivity index (χ0n) is 11.7. The molecule has 100 valence electrons. The maximum absolute atomic E-state index is 4.02. The molecule has 0 heterocycles. The van der Waals surface area contributed by atoms with Gasteiger partial charge in [0.25, 0.3) is 0 Å². The average molecular weight is 332 g/mol. The minimum atomic E-state index is 0. The molecule has 0 spiro atoms. The van der Waals surface area contributed by atoms with Gasteiger partial charge >= 0.3 is 26.2 Å². The second-order valence-corrected chi connectivity index (χ2v) is 4.73. The van der Waals surface area contributed by atoms with Crippen molar-refractivity contribution < 1.29 is 26.2 Å². The summed E-state index contributed by atoms with van der Waals surface area (Å²) in [4.78, 5) is 0. The predicted molar refractivity (Wildman–Crippen MR) is 80.2 cm³/mol. The van der Waals surface area contributed by atoms with Gasteiger partial charge < -0.3 is 13.8 Å². The number of hydrogen-bond donors (Lipinski definition) is 0. The Morgan fingerprint density at radius 3 is 1.16 bits per heavy atom. The normalized spacial score (nSPS) is 20.9. The second kappa shape index (κ2) is 12.6. The summed E-state index contributed by atoms with van der Waals surface area (Å²) in [6, 6.07) is 20.0. The molecule has 0 unspecified atom stereocenters. The van der Waals surface area contributed by atoms with E-state index < -0.39 is 0 Å². The molecular weight excluding hydrogens is 307 g/mol. The molecule has 0 radical (unpaired) electrons. The second-order valence-electron chi connectivity index (χ2n) is 4.73. The molecule has 2 aromatic rings. The van der Waals surface area contributed by atoms with Crippen molar-refractivity contribution in [3.63, 3.8) is 0 Å². The summed E-state index contributed by atoms with van der Waals surface area (Å²) in [5, 5.41) is 0. The molecule has 1 heteroatoms. The van der Waals surface area contributed by atoms with Gasteiger partial charge in [0.1, 0.15) is 0 Å². The van der Waals surface area contributed by atoms with Crippen LogP contribution in [0, 0.1) is 25.7 Å². The molecular formula is C18H24Zr. The van der Waals surface area contributed by atoms with Crippen molar-refractivity contribution in [1.82, 2.24) is 0 Å². The molecule has 0 aliphatic heterocycles. The summed E-state index contributed by atoms with van der Waals surface area (Å²) >= 11 is 0. The van der Waals surface area contributed by atoms with Gasteiger partial charge in [-0.15, -0.1) is 0 Å². The van der Waals surface area contributed by atoms with E-state index in [9.17, 15) is 0 Å². The predicted octanol–water partition coefficient (Wildman–Crippen LogP) is 5.27. The van der Waals surface area contributed by atoms with Crippen molar-refractivity contribution in [2.75, 3.05) is 0 Å². The largest absolute Gasteiger partial charge is 4.00 e. The van der Waals surface area contributed by atoms with Gasteiger partial charge in [0.2, 0.25) is 0 Å². The molecule has 0 N–H and O–H groups in total. The molecule has 0 aromatic heterocycles. The molecule has 19 heavy (non-hydrogen) atoms. The van der Waals surface area contributed by atoms with Gasteiger partial charge in [-0.1, -0.05) is 25.7 Å². The fourth-order valence-electron chi connectivity index (χ4n) is 1.93. The van der Waals surface area contributed by atoms with Crippen LogP contribution in [0.3, 0.4) is 0 Å². The van der Waals surface area contributed by atoms with Crippen molar-refractivity contribution in [3.8, 4) is 0 Å². The Kier molecular flexibility index (Phi) is 12.3. The van der Waals surface area contributed by atoms with Crippen LogP contribution in [0.5, 0.6) is 0 Å². The van der Waals surface area contributed by atoms with Crippen LogP contribution in [0.15, 0.2) is 60.7 Å². The minimum absolute atomic E-state index is 0. The van der Waals surface area contributed by atoms with Crippen molar-refractivity contribution in [2.24, 2.45) is 11.8 Å². The van der Waals surface area contributed by atoms with E-state index in [0.29, 0.717) is 11.8 Å². The van der Waals surface area contributed by atoms with Crippen LogP contribution < -0.4 is 0 Å². The maximum atomic E-state index is 4.02. The first-order valence-electron chi connectivity index (χ1n) is 6.80. The zero-order valence-corrected chi connectivity index (χ0v) is 14.1. The summed E-state index contributed by atoms with van der Waals surface area (Å²) in [7, 11) is 0. The fourth-order valence-corrected chi connectivity index (χ4v) is 1.93. The van der Waals surface area contributed by atoms with E-state index in [1.165, 1.54) is 25.7 Å². The topological polar surface area (TPSA) is 0 Å². The summed E-state index contributed by atoms with van der Waals surface area (Å²) in [5.74, 6) is 1.28. The van der Waals surface area contributed by atoms with Gasteiger partial charge in [-0.05, 0) is 0 Å². The Bertz CT molecular complexity index is 263. The van der Waals surface area contributed by atoms with Crippen molar-refractivity contribution in [3.05, 3.63) is 74.5 Å². The summed E-state index contributed by atoms with van der Waals surface area (Å²) in [6.07, 6.45) is 5.35. The molecule has 1 aliphatic carbocycles. The van der Waals surface area contributed by atoms with E-state index in [1.54, 1.807) is 0 Å². The molecule has 3 rings (SSSR count). The monoisotopic (exact) mass is 330 g/mol. The van der Waals surface area contributed by atoms with Gasteiger partial charge in [0.15, 0.2) is 0 Å². The van der Waals surface area contributed by atoms with Crippen molar-refractivity contribution in [1.29, 1.82) is 0 Å². The van der Waals surface area contributed by atoms with Crippen molar-refractivity contribution >= 4 is 0 Å². The van der Waals surface area contributed by atoms with E-state index in [4.69, 9.17) is 0 Å². The molecule has 2 aromatic carbocycles. The number of hydrogen-bond acceptors (Lipinski definition) is 0. The molecule has 1 aliphatic rings. The average Bonchev–Trinajstić information content (AvgIpc) is 3.11. The number of rotatable bonds is 0.